The van der Waals surface area contributed by atoms with Crippen LogP contribution < -0.4 is 10.0 Å². The van der Waals surface area contributed by atoms with Crippen molar-refractivity contribution in [3.05, 3.63) is 29.8 Å². The van der Waals surface area contributed by atoms with Crippen LogP contribution in [0.25, 0.3) is 0 Å². The number of carbonyl (C=O) groups excluding carboxylic acids is 1. The summed E-state index contributed by atoms with van der Waals surface area (Å²) < 4.78 is 26.3. The molecule has 142 valence electrons. The fraction of sp³-hybridized carbons (Fsp3) is 0.588. The van der Waals surface area contributed by atoms with Crippen molar-refractivity contribution in [1.82, 2.24) is 14.9 Å². The fourth-order valence-corrected chi connectivity index (χ4v) is 4.05. The number of likely N-dealkylation sites (tertiary alicyclic amines) is 1. The Labute approximate surface area is 156 Å². The molecule has 1 aliphatic heterocycles. The van der Waals surface area contributed by atoms with E-state index in [4.69, 9.17) is 0 Å². The van der Waals surface area contributed by atoms with Gasteiger partial charge in [0.15, 0.2) is 0 Å². The second kappa shape index (κ2) is 10.1. The number of amides is 1. The van der Waals surface area contributed by atoms with Crippen molar-refractivity contribution in [3.8, 4) is 0 Å². The minimum absolute atomic E-state index is 0. The van der Waals surface area contributed by atoms with E-state index < -0.39 is 10.0 Å². The third kappa shape index (κ3) is 5.95. The van der Waals surface area contributed by atoms with Crippen LogP contribution in [0.1, 0.15) is 36.5 Å². The maximum atomic E-state index is 12.6. The summed E-state index contributed by atoms with van der Waals surface area (Å²) in [6, 6.07) is 6.18. The highest BCUT2D eigenvalue weighted by Gasteiger charge is 2.23. The second-order valence-corrected chi connectivity index (χ2v) is 7.92. The summed E-state index contributed by atoms with van der Waals surface area (Å²) in [5, 5.41) is 3.17. The van der Waals surface area contributed by atoms with E-state index in [1.165, 1.54) is 12.1 Å². The maximum Gasteiger partial charge on any atom is 0.253 e. The van der Waals surface area contributed by atoms with Crippen LogP contribution in [0, 0.1) is 5.92 Å². The third-order valence-corrected chi connectivity index (χ3v) is 6.01. The van der Waals surface area contributed by atoms with E-state index in [2.05, 4.69) is 10.0 Å². The first-order valence-corrected chi connectivity index (χ1v) is 10.00. The lowest BCUT2D eigenvalue weighted by Gasteiger charge is -2.32. The van der Waals surface area contributed by atoms with Crippen molar-refractivity contribution in [1.29, 1.82) is 0 Å². The summed E-state index contributed by atoms with van der Waals surface area (Å²) >= 11 is 0. The zero-order valence-electron chi connectivity index (χ0n) is 14.8. The molecule has 0 spiro atoms. The van der Waals surface area contributed by atoms with Gasteiger partial charge in [-0.15, -0.1) is 12.4 Å². The van der Waals surface area contributed by atoms with Crippen LogP contribution in [0.3, 0.4) is 0 Å². The molecule has 2 N–H and O–H groups in total. The standard InChI is InChI=1S/C17H27N3O3S.ClH/c1-3-19-24(22,23)16-6-4-15(5-7-16)17(21)20-12-9-14(10-13-20)8-11-18-2;/h4-7,14,18-19H,3,8-13H2,1-2H3;1H. The number of hydrogen-bond acceptors (Lipinski definition) is 4. The van der Waals surface area contributed by atoms with E-state index in [1.54, 1.807) is 19.1 Å². The summed E-state index contributed by atoms with van der Waals surface area (Å²) in [7, 11) is -1.52. The van der Waals surface area contributed by atoms with Crippen molar-refractivity contribution in [3.63, 3.8) is 0 Å². The molecule has 0 atom stereocenters. The molecule has 1 aromatic rings. The zero-order valence-corrected chi connectivity index (χ0v) is 16.5. The monoisotopic (exact) mass is 389 g/mol. The number of sulfonamides is 1. The van der Waals surface area contributed by atoms with E-state index >= 15 is 0 Å². The number of carbonyl (C=O) groups is 1. The van der Waals surface area contributed by atoms with Crippen LogP contribution in [0.5, 0.6) is 0 Å². The van der Waals surface area contributed by atoms with Gasteiger partial charge in [-0.3, -0.25) is 4.79 Å². The summed E-state index contributed by atoms with van der Waals surface area (Å²) in [5.41, 5.74) is 0.541. The predicted molar refractivity (Wildman–Crippen MR) is 102 cm³/mol. The van der Waals surface area contributed by atoms with Crippen molar-refractivity contribution in [2.24, 2.45) is 5.92 Å². The van der Waals surface area contributed by atoms with Crippen molar-refractivity contribution < 1.29 is 13.2 Å². The third-order valence-electron chi connectivity index (χ3n) is 4.45. The van der Waals surface area contributed by atoms with Gasteiger partial charge < -0.3 is 10.2 Å². The van der Waals surface area contributed by atoms with Gasteiger partial charge >= 0.3 is 0 Å². The molecule has 0 radical (unpaired) electrons. The normalized spacial score (nSPS) is 15.7. The molecular formula is C17H28ClN3O3S. The summed E-state index contributed by atoms with van der Waals surface area (Å²) in [6.07, 6.45) is 3.20. The molecule has 1 fully saturated rings. The van der Waals surface area contributed by atoms with Gasteiger partial charge in [0.25, 0.3) is 5.91 Å². The fourth-order valence-electron chi connectivity index (χ4n) is 3.01. The molecule has 1 aliphatic rings. The number of piperidine rings is 1. The molecule has 2 rings (SSSR count). The highest BCUT2D eigenvalue weighted by atomic mass is 35.5. The van der Waals surface area contributed by atoms with Gasteiger partial charge in [0, 0.05) is 25.2 Å². The first-order valence-electron chi connectivity index (χ1n) is 8.51. The van der Waals surface area contributed by atoms with Crippen LogP contribution in [-0.4, -0.2) is 52.5 Å². The Morgan fingerprint density at radius 3 is 2.32 bits per heavy atom. The molecule has 1 aromatic carbocycles. The lowest BCUT2D eigenvalue weighted by Crippen LogP contribution is -2.39. The Morgan fingerprint density at radius 2 is 1.80 bits per heavy atom. The molecule has 0 bridgehead atoms. The first-order chi connectivity index (χ1) is 11.5. The Kier molecular flexibility index (Phi) is 8.85. The van der Waals surface area contributed by atoms with Gasteiger partial charge in [0.05, 0.1) is 4.90 Å². The minimum atomic E-state index is -3.47. The number of nitrogens with zero attached hydrogens (tertiary/aromatic N) is 1. The Balaban J connectivity index is 0.00000312. The van der Waals surface area contributed by atoms with Crippen LogP contribution >= 0.6 is 12.4 Å². The molecule has 1 amide bonds. The Hall–Kier alpha value is -1.15. The quantitative estimate of drug-likeness (QED) is 0.746. The second-order valence-electron chi connectivity index (χ2n) is 6.15. The molecular weight excluding hydrogens is 362 g/mol. The Bertz CT molecular complexity index is 642. The molecule has 0 aromatic heterocycles. The highest BCUT2D eigenvalue weighted by molar-refractivity contribution is 7.89. The molecule has 0 unspecified atom stereocenters. The van der Waals surface area contributed by atoms with Gasteiger partial charge in [-0.2, -0.15) is 0 Å². The van der Waals surface area contributed by atoms with E-state index in [0.717, 1.165) is 38.9 Å². The van der Waals surface area contributed by atoms with Crippen LogP contribution in [0.2, 0.25) is 0 Å². The first kappa shape index (κ1) is 21.9. The molecule has 6 nitrogen and oxygen atoms in total. The van der Waals surface area contributed by atoms with Gasteiger partial charge in [-0.1, -0.05) is 6.92 Å². The molecule has 0 saturated carbocycles. The van der Waals surface area contributed by atoms with Crippen LogP contribution in [0.4, 0.5) is 0 Å². The molecule has 25 heavy (non-hydrogen) atoms. The number of rotatable bonds is 7. The number of halogens is 1. The van der Waals surface area contributed by atoms with Crippen molar-refractivity contribution in [2.75, 3.05) is 33.2 Å². The van der Waals surface area contributed by atoms with Gasteiger partial charge in [-0.25, -0.2) is 13.1 Å². The molecule has 1 heterocycles. The molecule has 8 heteroatoms. The van der Waals surface area contributed by atoms with E-state index in [9.17, 15) is 13.2 Å². The van der Waals surface area contributed by atoms with Crippen molar-refractivity contribution >= 4 is 28.3 Å². The zero-order chi connectivity index (χ0) is 17.6. The lowest BCUT2D eigenvalue weighted by atomic mass is 9.93. The van der Waals surface area contributed by atoms with Crippen LogP contribution in [-0.2, 0) is 10.0 Å². The average Bonchev–Trinajstić information content (AvgIpc) is 2.60. The van der Waals surface area contributed by atoms with E-state index in [0.29, 0.717) is 18.0 Å². The average molecular weight is 390 g/mol. The maximum absolute atomic E-state index is 12.6. The number of hydrogen-bond donors (Lipinski definition) is 2. The van der Waals surface area contributed by atoms with E-state index in [-0.39, 0.29) is 23.2 Å². The van der Waals surface area contributed by atoms with Crippen molar-refractivity contribution in [2.45, 2.75) is 31.1 Å². The lowest BCUT2D eigenvalue weighted by molar-refractivity contribution is 0.0687. The van der Waals surface area contributed by atoms with Gasteiger partial charge in [-0.05, 0) is 63.0 Å². The highest BCUT2D eigenvalue weighted by Crippen LogP contribution is 2.22. The molecule has 1 saturated heterocycles. The van der Waals surface area contributed by atoms with Gasteiger partial charge in [0.1, 0.15) is 0 Å². The smallest absolute Gasteiger partial charge is 0.253 e. The largest absolute Gasteiger partial charge is 0.339 e. The van der Waals surface area contributed by atoms with E-state index in [1.807, 2.05) is 11.9 Å². The van der Waals surface area contributed by atoms with Crippen LogP contribution in [0.15, 0.2) is 29.2 Å². The summed E-state index contributed by atoms with van der Waals surface area (Å²) in [5.74, 6) is 0.656. The topological polar surface area (TPSA) is 78.5 Å². The number of benzene rings is 1. The summed E-state index contributed by atoms with van der Waals surface area (Å²) in [4.78, 5) is 14.6. The Morgan fingerprint density at radius 1 is 1.20 bits per heavy atom. The molecule has 0 aliphatic carbocycles. The summed E-state index contributed by atoms with van der Waals surface area (Å²) in [6.45, 7) is 4.62. The van der Waals surface area contributed by atoms with Gasteiger partial charge in [0.2, 0.25) is 10.0 Å². The SMILES string of the molecule is CCNS(=O)(=O)c1ccc(C(=O)N2CCC(CCNC)CC2)cc1.Cl. The number of nitrogens with one attached hydrogen (secondary N) is 2. The minimum Gasteiger partial charge on any atom is -0.339 e. The predicted octanol–water partition coefficient (Wildman–Crippen LogP) is 1.87.